The Labute approximate surface area is 100 Å². The predicted octanol–water partition coefficient (Wildman–Crippen LogP) is 0.990. The summed E-state index contributed by atoms with van der Waals surface area (Å²) < 4.78 is 27.2. The van der Waals surface area contributed by atoms with Crippen molar-refractivity contribution in [3.05, 3.63) is 29.3 Å². The lowest BCUT2D eigenvalue weighted by atomic mass is 10.1. The van der Waals surface area contributed by atoms with Gasteiger partial charge in [-0.25, -0.2) is 13.2 Å². The molecular weight excluding hydrogens is 242 g/mol. The van der Waals surface area contributed by atoms with Crippen LogP contribution in [0.1, 0.15) is 22.8 Å². The van der Waals surface area contributed by atoms with Crippen molar-refractivity contribution in [3.63, 3.8) is 0 Å². The molecule has 0 aliphatic heterocycles. The Balaban J connectivity index is 3.12. The minimum Gasteiger partial charge on any atom is -0.462 e. The zero-order valence-corrected chi connectivity index (χ0v) is 10.6. The third kappa shape index (κ3) is 3.74. The maximum atomic E-state index is 11.5. The van der Waals surface area contributed by atoms with Crippen LogP contribution >= 0.6 is 0 Å². The van der Waals surface area contributed by atoms with Crippen molar-refractivity contribution in [1.29, 1.82) is 0 Å². The second kappa shape index (κ2) is 5.18. The Morgan fingerprint density at radius 1 is 1.41 bits per heavy atom. The number of para-hydroxylation sites is 1. The number of carbonyl (C=O) groups is 1. The first kappa shape index (κ1) is 13.5. The summed E-state index contributed by atoms with van der Waals surface area (Å²) in [6, 6.07) is 4.68. The van der Waals surface area contributed by atoms with Gasteiger partial charge in [0.25, 0.3) is 0 Å². The quantitative estimate of drug-likeness (QED) is 0.642. The van der Waals surface area contributed by atoms with Crippen LogP contribution in [0.15, 0.2) is 18.2 Å². The lowest BCUT2D eigenvalue weighted by molar-refractivity contribution is 0.0527. The zero-order valence-electron chi connectivity index (χ0n) is 9.76. The van der Waals surface area contributed by atoms with E-state index >= 15 is 0 Å². The van der Waals surface area contributed by atoms with E-state index in [2.05, 4.69) is 0 Å². The molecule has 0 spiro atoms. The van der Waals surface area contributed by atoms with Crippen LogP contribution in [0.4, 0.5) is 5.69 Å². The molecule has 0 aliphatic rings. The summed E-state index contributed by atoms with van der Waals surface area (Å²) in [4.78, 5) is 11.5. The fourth-order valence-corrected chi connectivity index (χ4v) is 2.22. The van der Waals surface area contributed by atoms with E-state index in [1.807, 2.05) is 0 Å². The standard InChI is InChI=1S/C11H15NO4S/c1-3-16-11(13)9-6-4-5-8(10(9)12)7-17(2,14)15/h4-6H,3,7,12H2,1-2H3. The third-order valence-corrected chi connectivity index (χ3v) is 2.94. The smallest absolute Gasteiger partial charge is 0.340 e. The minimum atomic E-state index is -3.19. The molecule has 0 aromatic heterocycles. The maximum Gasteiger partial charge on any atom is 0.340 e. The number of carbonyl (C=O) groups excluding carboxylic acids is 1. The molecule has 17 heavy (non-hydrogen) atoms. The Morgan fingerprint density at radius 2 is 2.06 bits per heavy atom. The minimum absolute atomic E-state index is 0.163. The van der Waals surface area contributed by atoms with Gasteiger partial charge in [0.05, 0.1) is 23.6 Å². The number of hydrogen-bond donors (Lipinski definition) is 1. The summed E-state index contributed by atoms with van der Waals surface area (Å²) in [7, 11) is -3.19. The van der Waals surface area contributed by atoms with E-state index in [1.54, 1.807) is 19.1 Å². The van der Waals surface area contributed by atoms with E-state index in [0.717, 1.165) is 6.26 Å². The van der Waals surface area contributed by atoms with Gasteiger partial charge in [0.1, 0.15) is 0 Å². The van der Waals surface area contributed by atoms with Crippen molar-refractivity contribution < 1.29 is 17.9 Å². The Hall–Kier alpha value is -1.56. The highest BCUT2D eigenvalue weighted by molar-refractivity contribution is 7.89. The van der Waals surface area contributed by atoms with E-state index in [-0.39, 0.29) is 23.6 Å². The number of nitrogen functional groups attached to an aromatic ring is 1. The molecule has 0 bridgehead atoms. The number of nitrogens with two attached hydrogens (primary N) is 1. The molecule has 0 saturated heterocycles. The Bertz CT molecular complexity index is 522. The van der Waals surface area contributed by atoms with E-state index in [1.165, 1.54) is 6.07 Å². The summed E-state index contributed by atoms with van der Waals surface area (Å²) in [5, 5.41) is 0. The van der Waals surface area contributed by atoms with Gasteiger partial charge in [-0.1, -0.05) is 12.1 Å². The number of anilines is 1. The van der Waals surface area contributed by atoms with Crippen LogP contribution in [0.5, 0.6) is 0 Å². The number of ether oxygens (including phenoxy) is 1. The summed E-state index contributed by atoms with van der Waals surface area (Å²) in [5.41, 5.74) is 6.54. The maximum absolute atomic E-state index is 11.5. The summed E-state index contributed by atoms with van der Waals surface area (Å²) in [6.07, 6.45) is 1.11. The number of hydrogen-bond acceptors (Lipinski definition) is 5. The largest absolute Gasteiger partial charge is 0.462 e. The summed E-state index contributed by atoms with van der Waals surface area (Å²) in [6.45, 7) is 1.93. The molecule has 0 radical (unpaired) electrons. The molecule has 0 heterocycles. The van der Waals surface area contributed by atoms with Gasteiger partial charge >= 0.3 is 5.97 Å². The highest BCUT2D eigenvalue weighted by Crippen LogP contribution is 2.20. The molecule has 1 aromatic rings. The SMILES string of the molecule is CCOC(=O)c1cccc(CS(C)(=O)=O)c1N. The summed E-state index contributed by atoms with van der Waals surface area (Å²) in [5.74, 6) is -0.730. The first-order chi connectivity index (χ1) is 7.85. The van der Waals surface area contributed by atoms with E-state index in [0.29, 0.717) is 5.56 Å². The fourth-order valence-electron chi connectivity index (χ4n) is 1.41. The Kier molecular flexibility index (Phi) is 4.11. The molecule has 0 aliphatic carbocycles. The monoisotopic (exact) mass is 257 g/mol. The second-order valence-electron chi connectivity index (χ2n) is 3.67. The third-order valence-electron chi connectivity index (χ3n) is 2.11. The zero-order chi connectivity index (χ0) is 13.1. The number of rotatable bonds is 4. The number of benzene rings is 1. The van der Waals surface area contributed by atoms with Crippen LogP contribution in [0.25, 0.3) is 0 Å². The fraction of sp³-hybridized carbons (Fsp3) is 0.364. The van der Waals surface area contributed by atoms with Gasteiger partial charge in [-0.05, 0) is 18.6 Å². The highest BCUT2D eigenvalue weighted by atomic mass is 32.2. The lowest BCUT2D eigenvalue weighted by Crippen LogP contribution is -2.11. The van der Waals surface area contributed by atoms with Crippen LogP contribution < -0.4 is 5.73 Å². The van der Waals surface area contributed by atoms with Crippen LogP contribution in [0.2, 0.25) is 0 Å². The van der Waals surface area contributed by atoms with Crippen LogP contribution in [0.3, 0.4) is 0 Å². The Morgan fingerprint density at radius 3 is 2.59 bits per heavy atom. The molecule has 0 atom stereocenters. The predicted molar refractivity (Wildman–Crippen MR) is 65.4 cm³/mol. The molecule has 2 N–H and O–H groups in total. The van der Waals surface area contributed by atoms with Crippen LogP contribution in [0, 0.1) is 0 Å². The lowest BCUT2D eigenvalue weighted by Gasteiger charge is -2.09. The van der Waals surface area contributed by atoms with Gasteiger partial charge < -0.3 is 10.5 Å². The molecule has 1 rings (SSSR count). The van der Waals surface area contributed by atoms with Crippen molar-refractivity contribution in [2.45, 2.75) is 12.7 Å². The van der Waals surface area contributed by atoms with Crippen molar-refractivity contribution in [2.24, 2.45) is 0 Å². The second-order valence-corrected chi connectivity index (χ2v) is 5.81. The molecule has 1 aromatic carbocycles. The number of esters is 1. The molecule has 0 unspecified atom stereocenters. The first-order valence-corrected chi connectivity index (χ1v) is 7.13. The average molecular weight is 257 g/mol. The highest BCUT2D eigenvalue weighted by Gasteiger charge is 2.15. The van der Waals surface area contributed by atoms with Crippen molar-refractivity contribution in [2.75, 3.05) is 18.6 Å². The normalized spacial score (nSPS) is 11.2. The first-order valence-electron chi connectivity index (χ1n) is 5.07. The average Bonchev–Trinajstić information content (AvgIpc) is 2.19. The van der Waals surface area contributed by atoms with Gasteiger partial charge in [0.15, 0.2) is 9.84 Å². The molecule has 5 nitrogen and oxygen atoms in total. The van der Waals surface area contributed by atoms with Gasteiger partial charge in [-0.3, -0.25) is 0 Å². The van der Waals surface area contributed by atoms with Gasteiger partial charge in [0, 0.05) is 6.26 Å². The number of sulfone groups is 1. The molecule has 94 valence electrons. The molecule has 6 heteroatoms. The van der Waals surface area contributed by atoms with Crippen LogP contribution in [-0.4, -0.2) is 27.2 Å². The summed E-state index contributed by atoms with van der Waals surface area (Å²) >= 11 is 0. The van der Waals surface area contributed by atoms with E-state index < -0.39 is 15.8 Å². The van der Waals surface area contributed by atoms with Crippen molar-refractivity contribution in [1.82, 2.24) is 0 Å². The van der Waals surface area contributed by atoms with Gasteiger partial charge in [-0.2, -0.15) is 0 Å². The van der Waals surface area contributed by atoms with Crippen LogP contribution in [-0.2, 0) is 20.3 Å². The van der Waals surface area contributed by atoms with E-state index in [4.69, 9.17) is 10.5 Å². The van der Waals surface area contributed by atoms with Crippen molar-refractivity contribution >= 4 is 21.5 Å². The molecule has 0 amide bonds. The topological polar surface area (TPSA) is 86.5 Å². The molecule has 0 fully saturated rings. The van der Waals surface area contributed by atoms with Crippen molar-refractivity contribution in [3.8, 4) is 0 Å². The van der Waals surface area contributed by atoms with Gasteiger partial charge in [-0.15, -0.1) is 0 Å². The molecular formula is C11H15NO4S. The molecule has 0 saturated carbocycles. The van der Waals surface area contributed by atoms with Gasteiger partial charge in [0.2, 0.25) is 0 Å². The van der Waals surface area contributed by atoms with E-state index in [9.17, 15) is 13.2 Å².